The van der Waals surface area contributed by atoms with E-state index in [9.17, 15) is 9.90 Å². The molecule has 1 aliphatic rings. The molecule has 0 spiro atoms. The number of fused-ring (bicyclic) bond motifs is 1. The second-order valence-electron chi connectivity index (χ2n) is 4.66. The van der Waals surface area contributed by atoms with Crippen LogP contribution in [0.5, 0.6) is 5.75 Å². The molecule has 6 nitrogen and oxygen atoms in total. The van der Waals surface area contributed by atoms with E-state index in [1.807, 2.05) is 13.0 Å². The molecule has 0 bridgehead atoms. The second kappa shape index (κ2) is 4.91. The van der Waals surface area contributed by atoms with Gasteiger partial charge in [0.1, 0.15) is 12.4 Å². The van der Waals surface area contributed by atoms with Crippen molar-refractivity contribution in [2.45, 2.75) is 31.9 Å². The Labute approximate surface area is 110 Å². The molecule has 0 saturated heterocycles. The number of ether oxygens (including phenoxy) is 1. The average molecular weight is 261 g/mol. The molecule has 100 valence electrons. The molecule has 0 saturated carbocycles. The van der Waals surface area contributed by atoms with Crippen molar-refractivity contribution in [3.05, 3.63) is 39.8 Å². The van der Waals surface area contributed by atoms with Crippen LogP contribution in [-0.4, -0.2) is 29.1 Å². The van der Waals surface area contributed by atoms with Gasteiger partial charge in [0.05, 0.1) is 11.7 Å². The summed E-state index contributed by atoms with van der Waals surface area (Å²) in [6.07, 6.45) is -0.764. The van der Waals surface area contributed by atoms with Gasteiger partial charge in [-0.15, -0.1) is 0 Å². The number of hydrogen-bond donors (Lipinski definition) is 1. The minimum atomic E-state index is -1.57. The van der Waals surface area contributed by atoms with Gasteiger partial charge in [0.2, 0.25) is 0 Å². The van der Waals surface area contributed by atoms with E-state index in [4.69, 9.17) is 10.3 Å². The van der Waals surface area contributed by atoms with E-state index in [-0.39, 0.29) is 12.4 Å². The van der Waals surface area contributed by atoms with Crippen molar-refractivity contribution >= 4 is 5.78 Å². The quantitative estimate of drug-likeness (QED) is 0.514. The topological polar surface area (TPSA) is 95.3 Å². The Morgan fingerprint density at radius 2 is 2.37 bits per heavy atom. The lowest BCUT2D eigenvalue weighted by Crippen LogP contribution is -2.54. The molecule has 0 fully saturated rings. The molecule has 1 N–H and O–H groups in total. The standard InChI is InChI=1S/C13H15N3O3/c1-3-11(17)13(15-16-14)7-19-10-5-4-8(2)6-9(10)12(13)18/h4-6,11,17H,3,7H2,1-2H3/t11-,13-/m0/s1. The molecule has 0 aliphatic carbocycles. The highest BCUT2D eigenvalue weighted by molar-refractivity contribution is 6.07. The van der Waals surface area contributed by atoms with E-state index in [0.717, 1.165) is 5.56 Å². The van der Waals surface area contributed by atoms with Crippen molar-refractivity contribution in [2.75, 3.05) is 6.61 Å². The molecule has 19 heavy (non-hydrogen) atoms. The maximum absolute atomic E-state index is 12.6. The van der Waals surface area contributed by atoms with Crippen LogP contribution in [0.2, 0.25) is 0 Å². The fourth-order valence-electron chi connectivity index (χ4n) is 2.24. The lowest BCUT2D eigenvalue weighted by molar-refractivity contribution is 0.0332. The van der Waals surface area contributed by atoms with Gasteiger partial charge in [0, 0.05) is 4.91 Å². The van der Waals surface area contributed by atoms with Crippen LogP contribution in [-0.2, 0) is 0 Å². The van der Waals surface area contributed by atoms with Gasteiger partial charge >= 0.3 is 0 Å². The Kier molecular flexibility index (Phi) is 3.46. The minimum absolute atomic E-state index is 0.138. The SMILES string of the molecule is CC[C@H](O)[C@@]1(N=[N+]=[N-])COc2ccc(C)cc2C1=O. The van der Waals surface area contributed by atoms with E-state index >= 15 is 0 Å². The lowest BCUT2D eigenvalue weighted by atomic mass is 9.82. The van der Waals surface area contributed by atoms with Crippen LogP contribution >= 0.6 is 0 Å². The Morgan fingerprint density at radius 1 is 1.63 bits per heavy atom. The van der Waals surface area contributed by atoms with Crippen LogP contribution in [0, 0.1) is 6.92 Å². The fraction of sp³-hybridized carbons (Fsp3) is 0.462. The van der Waals surface area contributed by atoms with Gasteiger partial charge in [0.15, 0.2) is 11.3 Å². The predicted octanol–water partition coefficient (Wildman–Crippen LogP) is 2.39. The van der Waals surface area contributed by atoms with Crippen LogP contribution < -0.4 is 4.74 Å². The fourth-order valence-corrected chi connectivity index (χ4v) is 2.24. The van der Waals surface area contributed by atoms with Crippen molar-refractivity contribution in [1.29, 1.82) is 0 Å². The molecule has 0 aromatic heterocycles. The lowest BCUT2D eigenvalue weighted by Gasteiger charge is -2.35. The molecular weight excluding hydrogens is 246 g/mol. The van der Waals surface area contributed by atoms with E-state index in [1.165, 1.54) is 0 Å². The Bertz CT molecular complexity index is 566. The van der Waals surface area contributed by atoms with Crippen LogP contribution in [0.1, 0.15) is 29.3 Å². The van der Waals surface area contributed by atoms with Gasteiger partial charge in [-0.05, 0) is 31.0 Å². The van der Waals surface area contributed by atoms with Gasteiger partial charge in [-0.3, -0.25) is 4.79 Å². The van der Waals surface area contributed by atoms with Crippen LogP contribution in [0.15, 0.2) is 23.3 Å². The number of azide groups is 1. The van der Waals surface area contributed by atoms with E-state index < -0.39 is 11.6 Å². The number of hydrogen-bond acceptors (Lipinski definition) is 4. The zero-order valence-electron chi connectivity index (χ0n) is 10.8. The third kappa shape index (κ3) is 2.05. The van der Waals surface area contributed by atoms with E-state index in [2.05, 4.69) is 10.0 Å². The van der Waals surface area contributed by atoms with E-state index in [0.29, 0.717) is 17.7 Å². The molecule has 6 heteroatoms. The van der Waals surface area contributed by atoms with Crippen LogP contribution in [0.4, 0.5) is 0 Å². The van der Waals surface area contributed by atoms with Crippen LogP contribution in [0.25, 0.3) is 10.4 Å². The largest absolute Gasteiger partial charge is 0.492 e. The molecule has 1 aliphatic heterocycles. The number of rotatable bonds is 3. The summed E-state index contributed by atoms with van der Waals surface area (Å²) < 4.78 is 5.49. The number of benzene rings is 1. The number of carbonyl (C=O) groups excluding carboxylic acids is 1. The molecule has 1 aromatic carbocycles. The number of aryl methyl sites for hydroxylation is 1. The molecule has 2 rings (SSSR count). The van der Waals surface area contributed by atoms with E-state index in [1.54, 1.807) is 19.1 Å². The zero-order chi connectivity index (χ0) is 14.0. The number of aliphatic hydroxyl groups excluding tert-OH is 1. The summed E-state index contributed by atoms with van der Waals surface area (Å²) in [5, 5.41) is 13.6. The Morgan fingerprint density at radius 3 is 3.00 bits per heavy atom. The summed E-state index contributed by atoms with van der Waals surface area (Å²) in [5.41, 5.74) is 8.38. The molecule has 2 atom stereocenters. The van der Waals surface area contributed by atoms with Crippen molar-refractivity contribution in [3.63, 3.8) is 0 Å². The van der Waals surface area contributed by atoms with Gasteiger partial charge in [0.25, 0.3) is 0 Å². The summed E-state index contributed by atoms with van der Waals surface area (Å²) in [6.45, 7) is 3.44. The minimum Gasteiger partial charge on any atom is -0.492 e. The summed E-state index contributed by atoms with van der Waals surface area (Å²) >= 11 is 0. The number of carbonyl (C=O) groups is 1. The Hall–Kier alpha value is -2.04. The third-order valence-electron chi connectivity index (χ3n) is 3.38. The second-order valence-corrected chi connectivity index (χ2v) is 4.66. The van der Waals surface area contributed by atoms with Crippen LogP contribution in [0.3, 0.4) is 0 Å². The molecule has 0 amide bonds. The first-order valence-corrected chi connectivity index (χ1v) is 6.07. The van der Waals surface area contributed by atoms with Crippen molar-refractivity contribution in [2.24, 2.45) is 5.11 Å². The van der Waals surface area contributed by atoms with Gasteiger partial charge in [-0.2, -0.15) is 0 Å². The van der Waals surface area contributed by atoms with Gasteiger partial charge in [-0.25, -0.2) is 0 Å². The maximum Gasteiger partial charge on any atom is 0.184 e. The van der Waals surface area contributed by atoms with Crippen molar-refractivity contribution in [3.8, 4) is 5.75 Å². The summed E-state index contributed by atoms with van der Waals surface area (Å²) in [6, 6.07) is 5.23. The summed E-state index contributed by atoms with van der Waals surface area (Å²) in [5.74, 6) is 0.0762. The Balaban J connectivity index is 2.56. The first-order valence-electron chi connectivity index (χ1n) is 6.07. The molecule has 0 radical (unpaired) electrons. The molecular formula is C13H15N3O3. The monoisotopic (exact) mass is 261 g/mol. The first-order chi connectivity index (χ1) is 9.05. The van der Waals surface area contributed by atoms with Crippen molar-refractivity contribution < 1.29 is 14.6 Å². The third-order valence-corrected chi connectivity index (χ3v) is 3.38. The van der Waals surface area contributed by atoms with Crippen molar-refractivity contribution in [1.82, 2.24) is 0 Å². The maximum atomic E-state index is 12.6. The summed E-state index contributed by atoms with van der Waals surface area (Å²) in [4.78, 5) is 15.3. The van der Waals surface area contributed by atoms with Gasteiger partial charge in [-0.1, -0.05) is 23.7 Å². The molecule has 0 unspecified atom stereocenters. The highest BCUT2D eigenvalue weighted by Crippen LogP contribution is 2.35. The van der Waals surface area contributed by atoms with Gasteiger partial charge < -0.3 is 9.84 Å². The normalized spacial score (nSPS) is 23.0. The predicted molar refractivity (Wildman–Crippen MR) is 69.2 cm³/mol. The first kappa shape index (κ1) is 13.4. The highest BCUT2D eigenvalue weighted by Gasteiger charge is 2.48. The number of nitrogens with zero attached hydrogens (tertiary/aromatic N) is 3. The number of Topliss-reactive ketones (excluding diaryl/α,β-unsaturated/α-hetero) is 1. The number of ketones is 1. The number of aliphatic hydroxyl groups is 1. The zero-order valence-corrected chi connectivity index (χ0v) is 10.8. The molecule has 1 heterocycles. The summed E-state index contributed by atoms with van der Waals surface area (Å²) in [7, 11) is 0. The average Bonchev–Trinajstić information content (AvgIpc) is 2.42. The molecule has 1 aromatic rings. The smallest absolute Gasteiger partial charge is 0.184 e. The highest BCUT2D eigenvalue weighted by atomic mass is 16.5.